The highest BCUT2D eigenvalue weighted by atomic mass is 35.5. The standard InChI is InChI=1S/C17H17ClF2N4O2/c1-23-13(6-12(22-23)14(19)20)15(25)24-8-17(9-24,16(21)26)7-10-2-4-11(18)5-3-10/h2-6,14H,7-9H2,1H3,(H2,21,26). The van der Waals surface area contributed by atoms with Crippen molar-refractivity contribution in [3.05, 3.63) is 52.3 Å². The third-order valence-electron chi connectivity index (χ3n) is 4.59. The minimum atomic E-state index is -2.76. The molecule has 0 radical (unpaired) electrons. The Bertz CT molecular complexity index is 845. The number of hydrogen-bond donors (Lipinski definition) is 1. The van der Waals surface area contributed by atoms with Gasteiger partial charge in [-0.3, -0.25) is 14.3 Å². The van der Waals surface area contributed by atoms with Gasteiger partial charge in [0, 0.05) is 25.2 Å². The molecule has 1 fully saturated rings. The van der Waals surface area contributed by atoms with E-state index < -0.39 is 29.3 Å². The summed E-state index contributed by atoms with van der Waals surface area (Å²) in [7, 11) is 1.42. The Balaban J connectivity index is 1.74. The van der Waals surface area contributed by atoms with Crippen LogP contribution >= 0.6 is 11.6 Å². The Morgan fingerprint density at radius 1 is 1.31 bits per heavy atom. The lowest BCUT2D eigenvalue weighted by atomic mass is 9.74. The Hall–Kier alpha value is -2.48. The van der Waals surface area contributed by atoms with E-state index >= 15 is 0 Å². The zero-order valence-electron chi connectivity index (χ0n) is 14.0. The number of nitrogens with zero attached hydrogens (tertiary/aromatic N) is 3. The zero-order chi connectivity index (χ0) is 19.1. The molecule has 3 rings (SSSR count). The topological polar surface area (TPSA) is 81.2 Å². The van der Waals surface area contributed by atoms with E-state index in [1.54, 1.807) is 24.3 Å². The highest BCUT2D eigenvalue weighted by Crippen LogP contribution is 2.35. The SMILES string of the molecule is Cn1nc(C(F)F)cc1C(=O)N1CC(Cc2ccc(Cl)cc2)(C(N)=O)C1. The lowest BCUT2D eigenvalue weighted by Gasteiger charge is -2.48. The number of hydrogen-bond acceptors (Lipinski definition) is 3. The first-order valence-corrected chi connectivity index (χ1v) is 8.25. The molecule has 9 heteroatoms. The van der Waals surface area contributed by atoms with Crippen molar-refractivity contribution in [2.24, 2.45) is 18.2 Å². The van der Waals surface area contributed by atoms with Crippen molar-refractivity contribution in [1.82, 2.24) is 14.7 Å². The lowest BCUT2D eigenvalue weighted by molar-refractivity contribution is -0.135. The average Bonchev–Trinajstić information content (AvgIpc) is 2.93. The summed E-state index contributed by atoms with van der Waals surface area (Å²) in [5.74, 6) is -0.963. The molecular weight excluding hydrogens is 366 g/mol. The van der Waals surface area contributed by atoms with E-state index in [-0.39, 0.29) is 18.8 Å². The Labute approximate surface area is 153 Å². The quantitative estimate of drug-likeness (QED) is 0.860. The normalized spacial score (nSPS) is 15.8. The van der Waals surface area contributed by atoms with Crippen LogP contribution in [0, 0.1) is 5.41 Å². The third kappa shape index (κ3) is 3.29. The molecule has 1 saturated heterocycles. The molecular formula is C17H17ClF2N4O2. The maximum absolute atomic E-state index is 12.7. The van der Waals surface area contributed by atoms with Crippen molar-refractivity contribution < 1.29 is 18.4 Å². The summed E-state index contributed by atoms with van der Waals surface area (Å²) in [6, 6.07) is 8.10. The van der Waals surface area contributed by atoms with Crippen LogP contribution in [0.15, 0.2) is 30.3 Å². The van der Waals surface area contributed by atoms with Gasteiger partial charge in [-0.2, -0.15) is 5.10 Å². The predicted octanol–water partition coefficient (Wildman–Crippen LogP) is 2.18. The second-order valence-corrected chi connectivity index (χ2v) is 6.92. The fourth-order valence-corrected chi connectivity index (χ4v) is 3.26. The summed E-state index contributed by atoms with van der Waals surface area (Å²) < 4.78 is 26.6. The molecule has 26 heavy (non-hydrogen) atoms. The number of primary amides is 1. The fraction of sp³-hybridized carbons (Fsp3) is 0.353. The van der Waals surface area contributed by atoms with Crippen LogP contribution in [0.3, 0.4) is 0 Å². The summed E-state index contributed by atoms with van der Waals surface area (Å²) in [4.78, 5) is 25.9. The number of aromatic nitrogens is 2. The van der Waals surface area contributed by atoms with Crippen LogP contribution in [-0.4, -0.2) is 39.6 Å². The molecule has 1 aliphatic rings. The number of nitrogens with two attached hydrogens (primary N) is 1. The van der Waals surface area contributed by atoms with Crippen LogP contribution in [0.25, 0.3) is 0 Å². The number of alkyl halides is 2. The summed E-state index contributed by atoms with van der Waals surface area (Å²) >= 11 is 5.86. The highest BCUT2D eigenvalue weighted by Gasteiger charge is 2.50. The molecule has 6 nitrogen and oxygen atoms in total. The molecule has 0 atom stereocenters. The van der Waals surface area contributed by atoms with E-state index in [1.165, 1.54) is 11.9 Å². The predicted molar refractivity (Wildman–Crippen MR) is 90.9 cm³/mol. The van der Waals surface area contributed by atoms with Gasteiger partial charge in [-0.1, -0.05) is 23.7 Å². The molecule has 2 heterocycles. The molecule has 2 amide bonds. The number of carbonyl (C=O) groups is 2. The monoisotopic (exact) mass is 382 g/mol. The summed E-state index contributed by atoms with van der Waals surface area (Å²) in [6.07, 6.45) is -2.38. The van der Waals surface area contributed by atoms with Gasteiger partial charge >= 0.3 is 0 Å². The van der Waals surface area contributed by atoms with E-state index in [9.17, 15) is 18.4 Å². The van der Waals surface area contributed by atoms with Crippen LogP contribution < -0.4 is 5.73 Å². The van der Waals surface area contributed by atoms with E-state index in [2.05, 4.69) is 5.10 Å². The first-order valence-electron chi connectivity index (χ1n) is 7.87. The molecule has 0 saturated carbocycles. The molecule has 1 aliphatic heterocycles. The number of halogens is 3. The van der Waals surface area contributed by atoms with Crippen molar-refractivity contribution in [3.63, 3.8) is 0 Å². The van der Waals surface area contributed by atoms with Crippen LogP contribution in [-0.2, 0) is 18.3 Å². The van der Waals surface area contributed by atoms with Gasteiger partial charge in [0.25, 0.3) is 12.3 Å². The summed E-state index contributed by atoms with van der Waals surface area (Å²) in [6.45, 7) is 0.248. The second kappa shape index (κ2) is 6.68. The second-order valence-electron chi connectivity index (χ2n) is 6.49. The average molecular weight is 383 g/mol. The Morgan fingerprint density at radius 2 is 1.92 bits per heavy atom. The van der Waals surface area contributed by atoms with E-state index in [0.717, 1.165) is 16.3 Å². The number of amides is 2. The number of likely N-dealkylation sites (tertiary alicyclic amines) is 1. The van der Waals surface area contributed by atoms with E-state index in [0.29, 0.717) is 11.4 Å². The van der Waals surface area contributed by atoms with E-state index in [4.69, 9.17) is 17.3 Å². The van der Waals surface area contributed by atoms with Crippen LogP contribution in [0.2, 0.25) is 5.02 Å². The van der Waals surface area contributed by atoms with Crippen molar-refractivity contribution in [2.75, 3.05) is 13.1 Å². The molecule has 0 spiro atoms. The Morgan fingerprint density at radius 3 is 2.42 bits per heavy atom. The molecule has 1 aromatic carbocycles. The molecule has 0 aliphatic carbocycles. The van der Waals surface area contributed by atoms with Gasteiger partial charge in [0.2, 0.25) is 5.91 Å². The summed E-state index contributed by atoms with van der Waals surface area (Å²) in [5.41, 5.74) is 5.15. The van der Waals surface area contributed by atoms with Crippen molar-refractivity contribution in [3.8, 4) is 0 Å². The van der Waals surface area contributed by atoms with Gasteiger partial charge in [-0.05, 0) is 30.2 Å². The van der Waals surface area contributed by atoms with Crippen LogP contribution in [0.5, 0.6) is 0 Å². The van der Waals surface area contributed by atoms with Gasteiger partial charge < -0.3 is 10.6 Å². The Kier molecular flexibility index (Phi) is 4.70. The highest BCUT2D eigenvalue weighted by molar-refractivity contribution is 6.30. The first kappa shape index (κ1) is 18.3. The largest absolute Gasteiger partial charge is 0.369 e. The fourth-order valence-electron chi connectivity index (χ4n) is 3.13. The minimum Gasteiger partial charge on any atom is -0.369 e. The van der Waals surface area contributed by atoms with Gasteiger partial charge in [0.05, 0.1) is 5.41 Å². The molecule has 2 aromatic rings. The number of rotatable bonds is 5. The molecule has 1 aromatic heterocycles. The van der Waals surface area contributed by atoms with E-state index in [1.807, 2.05) is 0 Å². The van der Waals surface area contributed by atoms with Gasteiger partial charge in [0.1, 0.15) is 11.4 Å². The zero-order valence-corrected chi connectivity index (χ0v) is 14.7. The van der Waals surface area contributed by atoms with Crippen LogP contribution in [0.4, 0.5) is 8.78 Å². The first-order chi connectivity index (χ1) is 12.2. The van der Waals surface area contributed by atoms with Crippen molar-refractivity contribution in [1.29, 1.82) is 0 Å². The van der Waals surface area contributed by atoms with Crippen molar-refractivity contribution >= 4 is 23.4 Å². The van der Waals surface area contributed by atoms with Gasteiger partial charge in [0.15, 0.2) is 0 Å². The third-order valence-corrected chi connectivity index (χ3v) is 4.85. The maximum atomic E-state index is 12.7. The molecule has 138 valence electrons. The molecule has 0 unspecified atom stereocenters. The minimum absolute atomic E-state index is 0.0462. The number of aryl methyl sites for hydroxylation is 1. The van der Waals surface area contributed by atoms with Crippen molar-refractivity contribution in [2.45, 2.75) is 12.8 Å². The smallest absolute Gasteiger partial charge is 0.282 e. The number of carbonyl (C=O) groups excluding carboxylic acids is 2. The molecule has 2 N–H and O–H groups in total. The molecule has 0 bridgehead atoms. The lowest BCUT2D eigenvalue weighted by Crippen LogP contribution is -2.65. The van der Waals surface area contributed by atoms with Crippen LogP contribution in [0.1, 0.15) is 28.2 Å². The number of benzene rings is 1. The van der Waals surface area contributed by atoms with Gasteiger partial charge in [-0.15, -0.1) is 0 Å². The maximum Gasteiger partial charge on any atom is 0.282 e. The summed E-state index contributed by atoms with van der Waals surface area (Å²) in [5, 5.41) is 4.22. The van der Waals surface area contributed by atoms with Gasteiger partial charge in [-0.25, -0.2) is 8.78 Å².